The standard InChI is InChI=1S/C21H27N5O4/c1-11-4-17(30-26-11)9-20(27)23-19-10-18(24-25-19)12-2-3-16(8-12)29-21(28)22-15-6-13-5-14(13)7-15/h4,10,12-16H,2-3,5-9H2,1H3,(H,22,28)(H2,23,24,25,27)/t12-,13?,14?,15?,16+/m1/s1. The quantitative estimate of drug-likeness (QED) is 0.669. The molecule has 0 bridgehead atoms. The number of alkyl carbamates (subject to hydrolysis) is 1. The van der Waals surface area contributed by atoms with E-state index in [1.165, 1.54) is 6.42 Å². The number of fused-ring (bicyclic) bond motifs is 1. The second-order valence-electron chi connectivity index (χ2n) is 8.97. The van der Waals surface area contributed by atoms with Gasteiger partial charge in [-0.05, 0) is 57.3 Å². The van der Waals surface area contributed by atoms with E-state index in [2.05, 4.69) is 26.0 Å². The van der Waals surface area contributed by atoms with Crippen molar-refractivity contribution in [2.24, 2.45) is 11.8 Å². The van der Waals surface area contributed by atoms with Crippen LogP contribution in [0.4, 0.5) is 10.6 Å². The zero-order chi connectivity index (χ0) is 20.7. The van der Waals surface area contributed by atoms with Crippen molar-refractivity contribution in [3.8, 4) is 0 Å². The summed E-state index contributed by atoms with van der Waals surface area (Å²) in [6, 6.07) is 3.87. The van der Waals surface area contributed by atoms with Crippen LogP contribution in [0.15, 0.2) is 16.7 Å². The van der Waals surface area contributed by atoms with Crippen molar-refractivity contribution >= 4 is 17.8 Å². The number of rotatable bonds is 6. The number of nitrogens with zero attached hydrogens (tertiary/aromatic N) is 2. The summed E-state index contributed by atoms with van der Waals surface area (Å²) in [5.74, 6) is 2.69. The lowest BCUT2D eigenvalue weighted by molar-refractivity contribution is -0.115. The number of carbonyl (C=O) groups excluding carboxylic acids is 2. The first-order chi connectivity index (χ1) is 14.5. The number of carbonyl (C=O) groups is 2. The van der Waals surface area contributed by atoms with Gasteiger partial charge in [0.1, 0.15) is 11.9 Å². The van der Waals surface area contributed by atoms with Crippen molar-refractivity contribution in [3.05, 3.63) is 29.3 Å². The first-order valence-corrected chi connectivity index (χ1v) is 10.8. The second-order valence-corrected chi connectivity index (χ2v) is 8.97. The molecule has 160 valence electrons. The monoisotopic (exact) mass is 413 g/mol. The molecule has 2 amide bonds. The Labute approximate surface area is 174 Å². The average Bonchev–Trinajstić information content (AvgIpc) is 3.20. The van der Waals surface area contributed by atoms with Gasteiger partial charge in [-0.1, -0.05) is 5.16 Å². The van der Waals surface area contributed by atoms with E-state index in [0.29, 0.717) is 11.6 Å². The van der Waals surface area contributed by atoms with Crippen LogP contribution in [0.2, 0.25) is 0 Å². The number of aromatic nitrogens is 3. The van der Waals surface area contributed by atoms with Gasteiger partial charge in [0.05, 0.1) is 12.1 Å². The van der Waals surface area contributed by atoms with Gasteiger partial charge in [-0.2, -0.15) is 5.10 Å². The van der Waals surface area contributed by atoms with E-state index in [1.807, 2.05) is 13.0 Å². The molecule has 2 aromatic rings. The van der Waals surface area contributed by atoms with Crippen molar-refractivity contribution in [2.45, 2.75) is 69.9 Å². The molecule has 2 heterocycles. The summed E-state index contributed by atoms with van der Waals surface area (Å²) in [6.45, 7) is 1.81. The number of ether oxygens (including phenoxy) is 1. The molecule has 9 nitrogen and oxygen atoms in total. The molecule has 3 aliphatic carbocycles. The van der Waals surface area contributed by atoms with E-state index < -0.39 is 0 Å². The van der Waals surface area contributed by atoms with Gasteiger partial charge >= 0.3 is 6.09 Å². The van der Waals surface area contributed by atoms with Crippen LogP contribution in [0.25, 0.3) is 0 Å². The molecular formula is C21H27N5O4. The molecule has 2 unspecified atom stereocenters. The zero-order valence-corrected chi connectivity index (χ0v) is 17.0. The van der Waals surface area contributed by atoms with E-state index in [9.17, 15) is 9.59 Å². The summed E-state index contributed by atoms with van der Waals surface area (Å²) in [5, 5.41) is 16.8. The van der Waals surface area contributed by atoms with Gasteiger partial charge in [-0.15, -0.1) is 0 Å². The molecule has 2 aromatic heterocycles. The summed E-state index contributed by atoms with van der Waals surface area (Å²) in [5.41, 5.74) is 1.69. The molecule has 3 fully saturated rings. The topological polar surface area (TPSA) is 122 Å². The van der Waals surface area contributed by atoms with E-state index >= 15 is 0 Å². The summed E-state index contributed by atoms with van der Waals surface area (Å²) in [6.07, 6.45) is 5.80. The van der Waals surface area contributed by atoms with Crippen molar-refractivity contribution in [1.29, 1.82) is 0 Å². The second kappa shape index (κ2) is 7.77. The fourth-order valence-corrected chi connectivity index (χ4v) is 4.97. The maximum Gasteiger partial charge on any atom is 0.407 e. The molecule has 0 aliphatic heterocycles. The highest BCUT2D eigenvalue weighted by molar-refractivity contribution is 5.91. The van der Waals surface area contributed by atoms with E-state index in [0.717, 1.165) is 55.3 Å². The summed E-state index contributed by atoms with van der Waals surface area (Å²) < 4.78 is 10.7. The van der Waals surface area contributed by atoms with Gasteiger partial charge in [-0.25, -0.2) is 4.79 Å². The number of H-pyrrole nitrogens is 1. The van der Waals surface area contributed by atoms with Crippen molar-refractivity contribution in [2.75, 3.05) is 5.32 Å². The normalized spacial score (nSPS) is 29.4. The van der Waals surface area contributed by atoms with E-state index in [-0.39, 0.29) is 36.5 Å². The first kappa shape index (κ1) is 19.1. The number of hydrogen-bond acceptors (Lipinski definition) is 6. The third-order valence-electron chi connectivity index (χ3n) is 6.54. The lowest BCUT2D eigenvalue weighted by Gasteiger charge is -2.17. The van der Waals surface area contributed by atoms with Gasteiger partial charge in [0.2, 0.25) is 5.91 Å². The summed E-state index contributed by atoms with van der Waals surface area (Å²) in [4.78, 5) is 24.3. The van der Waals surface area contributed by atoms with Gasteiger partial charge in [0.15, 0.2) is 5.82 Å². The van der Waals surface area contributed by atoms with Crippen LogP contribution in [0.1, 0.15) is 61.6 Å². The highest BCUT2D eigenvalue weighted by atomic mass is 16.6. The smallest absolute Gasteiger partial charge is 0.407 e. The van der Waals surface area contributed by atoms with Gasteiger partial charge in [0, 0.05) is 29.8 Å². The number of aryl methyl sites for hydroxylation is 1. The minimum Gasteiger partial charge on any atom is -0.446 e. The predicted octanol–water partition coefficient (Wildman–Crippen LogP) is 3.05. The number of anilines is 1. The van der Waals surface area contributed by atoms with Crippen LogP contribution >= 0.6 is 0 Å². The van der Waals surface area contributed by atoms with Crippen LogP contribution in [0, 0.1) is 18.8 Å². The Hall–Kier alpha value is -2.84. The highest BCUT2D eigenvalue weighted by Crippen LogP contribution is 2.51. The first-order valence-electron chi connectivity index (χ1n) is 10.8. The molecule has 3 aliphatic rings. The third kappa shape index (κ3) is 4.34. The average molecular weight is 413 g/mol. The third-order valence-corrected chi connectivity index (χ3v) is 6.54. The Morgan fingerprint density at radius 3 is 2.80 bits per heavy atom. The van der Waals surface area contributed by atoms with Crippen molar-refractivity contribution in [1.82, 2.24) is 20.7 Å². The fourth-order valence-electron chi connectivity index (χ4n) is 4.97. The number of hydrogen-bond donors (Lipinski definition) is 3. The molecular weight excluding hydrogens is 386 g/mol. The summed E-state index contributed by atoms with van der Waals surface area (Å²) >= 11 is 0. The maximum atomic E-state index is 12.2. The lowest BCUT2D eigenvalue weighted by Crippen LogP contribution is -2.36. The molecule has 5 rings (SSSR count). The van der Waals surface area contributed by atoms with Crippen LogP contribution in [0.5, 0.6) is 0 Å². The van der Waals surface area contributed by atoms with Crippen LogP contribution in [-0.4, -0.2) is 39.5 Å². The Kier molecular flexibility index (Phi) is 4.96. The lowest BCUT2D eigenvalue weighted by atomic mass is 10.0. The largest absolute Gasteiger partial charge is 0.446 e. The van der Waals surface area contributed by atoms with Gasteiger partial charge in [0.25, 0.3) is 0 Å². The Balaban J connectivity index is 1.08. The molecule has 30 heavy (non-hydrogen) atoms. The molecule has 3 saturated carbocycles. The Bertz CT molecular complexity index is 927. The molecule has 3 N–H and O–H groups in total. The Morgan fingerprint density at radius 2 is 2.03 bits per heavy atom. The summed E-state index contributed by atoms with van der Waals surface area (Å²) in [7, 11) is 0. The molecule has 0 radical (unpaired) electrons. The highest BCUT2D eigenvalue weighted by Gasteiger charge is 2.46. The fraction of sp³-hybridized carbons (Fsp3) is 0.619. The Morgan fingerprint density at radius 1 is 1.20 bits per heavy atom. The molecule has 0 spiro atoms. The van der Waals surface area contributed by atoms with E-state index in [4.69, 9.17) is 9.26 Å². The molecule has 0 saturated heterocycles. The molecule has 9 heteroatoms. The van der Waals surface area contributed by atoms with Crippen LogP contribution in [0.3, 0.4) is 0 Å². The molecule has 4 atom stereocenters. The SMILES string of the molecule is Cc1cc(CC(=O)Nc2cc([C@@H]3CC[C@H](OC(=O)NC4CC5CC5C4)C3)[nH]n2)on1. The number of nitrogens with one attached hydrogen (secondary N) is 3. The van der Waals surface area contributed by atoms with E-state index in [1.54, 1.807) is 6.07 Å². The number of amides is 2. The minimum atomic E-state index is -0.285. The predicted molar refractivity (Wildman–Crippen MR) is 107 cm³/mol. The van der Waals surface area contributed by atoms with Gasteiger partial charge in [-0.3, -0.25) is 9.89 Å². The zero-order valence-electron chi connectivity index (χ0n) is 17.0. The number of aromatic amines is 1. The van der Waals surface area contributed by atoms with Crippen LogP contribution in [-0.2, 0) is 16.0 Å². The maximum absolute atomic E-state index is 12.2. The molecule has 0 aromatic carbocycles. The van der Waals surface area contributed by atoms with Crippen LogP contribution < -0.4 is 10.6 Å². The van der Waals surface area contributed by atoms with Crippen molar-refractivity contribution in [3.63, 3.8) is 0 Å². The minimum absolute atomic E-state index is 0.0815. The van der Waals surface area contributed by atoms with Gasteiger partial charge < -0.3 is 19.9 Å². The van der Waals surface area contributed by atoms with Crippen molar-refractivity contribution < 1.29 is 18.8 Å².